The van der Waals surface area contributed by atoms with Gasteiger partial charge in [-0.1, -0.05) is 19.3 Å². The van der Waals surface area contributed by atoms with Crippen molar-refractivity contribution in [3.8, 4) is 0 Å². The fourth-order valence-corrected chi connectivity index (χ4v) is 4.16. The third-order valence-corrected chi connectivity index (χ3v) is 5.64. The lowest BCUT2D eigenvalue weighted by molar-refractivity contribution is 0.102. The van der Waals surface area contributed by atoms with Gasteiger partial charge < -0.3 is 14.8 Å². The molecule has 1 aliphatic carbocycles. The van der Waals surface area contributed by atoms with Crippen molar-refractivity contribution in [3.63, 3.8) is 0 Å². The van der Waals surface area contributed by atoms with E-state index < -0.39 is 0 Å². The fraction of sp³-hybridized carbons (Fsp3) is 0.500. The van der Waals surface area contributed by atoms with E-state index in [0.29, 0.717) is 6.04 Å². The smallest absolute Gasteiger partial charge is 0.257 e. The molecule has 4 nitrogen and oxygen atoms in total. The summed E-state index contributed by atoms with van der Waals surface area (Å²) >= 11 is 0. The Kier molecular flexibility index (Phi) is 5.40. The van der Waals surface area contributed by atoms with Crippen molar-refractivity contribution in [3.05, 3.63) is 46.8 Å². The van der Waals surface area contributed by atoms with Gasteiger partial charge in [-0.05, 0) is 63.4 Å². The van der Waals surface area contributed by atoms with E-state index in [9.17, 15) is 4.79 Å². The number of amides is 1. The van der Waals surface area contributed by atoms with Gasteiger partial charge in [0.25, 0.3) is 5.91 Å². The molecule has 0 unspecified atom stereocenters. The Morgan fingerprint density at radius 2 is 1.77 bits per heavy atom. The number of anilines is 2. The lowest BCUT2D eigenvalue weighted by Gasteiger charge is -2.26. The zero-order chi connectivity index (χ0) is 18.8. The predicted octanol–water partition coefficient (Wildman–Crippen LogP) is 5.24. The highest BCUT2D eigenvalue weighted by atomic mass is 16.1. The molecule has 26 heavy (non-hydrogen) atoms. The molecule has 4 heteroatoms. The van der Waals surface area contributed by atoms with E-state index in [1.54, 1.807) is 0 Å². The SMILES string of the molecule is Cc1cc(N(C)C)ccc1NC(=O)c1cc(C)n(C2CCCCC2)c1C. The average molecular weight is 354 g/mol. The third-order valence-electron chi connectivity index (χ3n) is 5.64. The van der Waals surface area contributed by atoms with Gasteiger partial charge in [0.2, 0.25) is 0 Å². The number of aromatic nitrogens is 1. The Balaban J connectivity index is 1.82. The number of hydrogen-bond acceptors (Lipinski definition) is 2. The summed E-state index contributed by atoms with van der Waals surface area (Å²) < 4.78 is 2.38. The first-order valence-electron chi connectivity index (χ1n) is 9.66. The summed E-state index contributed by atoms with van der Waals surface area (Å²) in [5.41, 5.74) is 6.17. The minimum atomic E-state index is -0.0131. The predicted molar refractivity (Wildman–Crippen MR) is 109 cm³/mol. The standard InChI is InChI=1S/C22H31N3O/c1-15-13-19(24(4)5)11-12-21(15)23-22(26)20-14-16(2)25(17(20)3)18-9-7-6-8-10-18/h11-14,18H,6-10H2,1-5H3,(H,23,26). The zero-order valence-corrected chi connectivity index (χ0v) is 16.7. The van der Waals surface area contributed by atoms with Crippen LogP contribution in [0.5, 0.6) is 0 Å². The topological polar surface area (TPSA) is 37.3 Å². The summed E-state index contributed by atoms with van der Waals surface area (Å²) in [4.78, 5) is 15.0. The van der Waals surface area contributed by atoms with Crippen LogP contribution in [-0.4, -0.2) is 24.6 Å². The van der Waals surface area contributed by atoms with Crippen LogP contribution in [-0.2, 0) is 0 Å². The normalized spacial score (nSPS) is 15.1. The summed E-state index contributed by atoms with van der Waals surface area (Å²) in [6, 6.07) is 8.71. The maximum Gasteiger partial charge on any atom is 0.257 e. The van der Waals surface area contributed by atoms with E-state index in [1.807, 2.05) is 39.2 Å². The molecule has 1 aromatic carbocycles. The van der Waals surface area contributed by atoms with Crippen LogP contribution in [0, 0.1) is 20.8 Å². The van der Waals surface area contributed by atoms with Gasteiger partial charge >= 0.3 is 0 Å². The quantitative estimate of drug-likeness (QED) is 0.816. The van der Waals surface area contributed by atoms with E-state index in [0.717, 1.165) is 28.2 Å². The summed E-state index contributed by atoms with van der Waals surface area (Å²) in [6.07, 6.45) is 6.37. The molecule has 1 heterocycles. The Bertz CT molecular complexity index is 798. The van der Waals surface area contributed by atoms with Crippen LogP contribution in [0.4, 0.5) is 11.4 Å². The lowest BCUT2D eigenvalue weighted by atomic mass is 9.95. The van der Waals surface area contributed by atoms with Crippen LogP contribution >= 0.6 is 0 Å². The highest BCUT2D eigenvalue weighted by Gasteiger charge is 2.22. The lowest BCUT2D eigenvalue weighted by Crippen LogP contribution is -2.17. The van der Waals surface area contributed by atoms with Gasteiger partial charge in [-0.15, -0.1) is 0 Å². The third kappa shape index (κ3) is 3.64. The van der Waals surface area contributed by atoms with Crippen molar-refractivity contribution in [1.82, 2.24) is 4.57 Å². The maximum atomic E-state index is 12.9. The molecule has 0 radical (unpaired) electrons. The largest absolute Gasteiger partial charge is 0.378 e. The molecule has 1 amide bonds. The van der Waals surface area contributed by atoms with Crippen LogP contribution in [0.1, 0.15) is 65.5 Å². The first-order valence-corrected chi connectivity index (χ1v) is 9.66. The second-order valence-corrected chi connectivity index (χ2v) is 7.79. The number of hydrogen-bond donors (Lipinski definition) is 1. The van der Waals surface area contributed by atoms with E-state index in [1.165, 1.54) is 37.8 Å². The molecule has 0 atom stereocenters. The Hall–Kier alpha value is -2.23. The van der Waals surface area contributed by atoms with Gasteiger partial charge in [-0.3, -0.25) is 4.79 Å². The summed E-state index contributed by atoms with van der Waals surface area (Å²) in [6.45, 7) is 6.24. The summed E-state index contributed by atoms with van der Waals surface area (Å²) in [7, 11) is 4.04. The number of nitrogens with one attached hydrogen (secondary N) is 1. The van der Waals surface area contributed by atoms with Crippen LogP contribution in [0.25, 0.3) is 0 Å². The highest BCUT2D eigenvalue weighted by molar-refractivity contribution is 6.05. The minimum Gasteiger partial charge on any atom is -0.378 e. The number of carbonyl (C=O) groups is 1. The molecule has 0 bridgehead atoms. The molecular weight excluding hydrogens is 322 g/mol. The molecule has 0 spiro atoms. The van der Waals surface area contributed by atoms with Crippen molar-refractivity contribution >= 4 is 17.3 Å². The van der Waals surface area contributed by atoms with Crippen LogP contribution in [0.3, 0.4) is 0 Å². The van der Waals surface area contributed by atoms with Crippen molar-refractivity contribution in [2.45, 2.75) is 58.9 Å². The van der Waals surface area contributed by atoms with E-state index in [-0.39, 0.29) is 5.91 Å². The average Bonchev–Trinajstić information content (AvgIpc) is 2.91. The molecule has 1 aromatic heterocycles. The number of aryl methyl sites for hydroxylation is 2. The van der Waals surface area contributed by atoms with E-state index in [4.69, 9.17) is 0 Å². The van der Waals surface area contributed by atoms with Crippen molar-refractivity contribution in [2.75, 3.05) is 24.3 Å². The number of carbonyl (C=O) groups excluding carboxylic acids is 1. The Morgan fingerprint density at radius 3 is 2.38 bits per heavy atom. The highest BCUT2D eigenvalue weighted by Crippen LogP contribution is 2.32. The molecule has 0 saturated heterocycles. The Labute approximate surface area is 157 Å². The van der Waals surface area contributed by atoms with Crippen molar-refractivity contribution in [2.24, 2.45) is 0 Å². The fourth-order valence-electron chi connectivity index (χ4n) is 4.16. The molecule has 0 aliphatic heterocycles. The van der Waals surface area contributed by atoms with E-state index >= 15 is 0 Å². The van der Waals surface area contributed by atoms with Gasteiger partial charge in [0.15, 0.2) is 0 Å². The Morgan fingerprint density at radius 1 is 1.08 bits per heavy atom. The van der Waals surface area contributed by atoms with Gasteiger partial charge in [0.05, 0.1) is 5.56 Å². The van der Waals surface area contributed by atoms with Gasteiger partial charge in [0.1, 0.15) is 0 Å². The number of benzene rings is 1. The molecule has 140 valence electrons. The molecular formula is C22H31N3O. The van der Waals surface area contributed by atoms with Gasteiger partial charge in [-0.25, -0.2) is 0 Å². The monoisotopic (exact) mass is 353 g/mol. The van der Waals surface area contributed by atoms with Gasteiger partial charge in [0, 0.05) is 42.9 Å². The number of nitrogens with zero attached hydrogens (tertiary/aromatic N) is 2. The molecule has 2 aromatic rings. The molecule has 3 rings (SSSR count). The molecule has 1 saturated carbocycles. The van der Waals surface area contributed by atoms with Crippen molar-refractivity contribution in [1.29, 1.82) is 0 Å². The second-order valence-electron chi connectivity index (χ2n) is 7.79. The summed E-state index contributed by atoms with van der Waals surface area (Å²) in [5.74, 6) is -0.0131. The molecule has 1 aliphatic rings. The number of rotatable bonds is 4. The first kappa shape index (κ1) is 18.6. The van der Waals surface area contributed by atoms with Gasteiger partial charge in [-0.2, -0.15) is 0 Å². The summed E-state index contributed by atoms with van der Waals surface area (Å²) in [5, 5.41) is 3.11. The van der Waals surface area contributed by atoms with Crippen LogP contribution in [0.2, 0.25) is 0 Å². The van der Waals surface area contributed by atoms with Crippen molar-refractivity contribution < 1.29 is 4.79 Å². The van der Waals surface area contributed by atoms with Crippen LogP contribution in [0.15, 0.2) is 24.3 Å². The van der Waals surface area contributed by atoms with E-state index in [2.05, 4.69) is 34.7 Å². The zero-order valence-electron chi connectivity index (χ0n) is 16.7. The minimum absolute atomic E-state index is 0.0131. The maximum absolute atomic E-state index is 12.9. The first-order chi connectivity index (χ1) is 12.4. The molecule has 1 fully saturated rings. The second kappa shape index (κ2) is 7.56. The van der Waals surface area contributed by atoms with Crippen LogP contribution < -0.4 is 10.2 Å². The molecule has 1 N–H and O–H groups in total.